The minimum atomic E-state index is -1.15. The minimum absolute atomic E-state index is 0.364. The first-order valence-corrected chi connectivity index (χ1v) is 7.33. The molecule has 10 heteroatoms. The van der Waals surface area contributed by atoms with Crippen molar-refractivity contribution in [2.24, 2.45) is 5.10 Å². The van der Waals surface area contributed by atoms with Gasteiger partial charge < -0.3 is 29.9 Å². The Labute approximate surface area is 132 Å². The number of hydrazone groups is 1. The summed E-state index contributed by atoms with van der Waals surface area (Å²) in [4.78, 5) is 12.3. The van der Waals surface area contributed by atoms with Gasteiger partial charge in [-0.3, -0.25) is 0 Å². The molecule has 4 atom stereocenters. The van der Waals surface area contributed by atoms with Gasteiger partial charge in [-0.25, -0.2) is 15.0 Å². The van der Waals surface area contributed by atoms with E-state index in [0.717, 1.165) is 11.5 Å². The molecule has 23 heavy (non-hydrogen) atoms. The van der Waals surface area contributed by atoms with Crippen LogP contribution in [0.25, 0.3) is 0 Å². The van der Waals surface area contributed by atoms with E-state index in [9.17, 15) is 15.3 Å². The molecule has 3 aliphatic heterocycles. The Morgan fingerprint density at radius 3 is 2.70 bits per heavy atom. The lowest BCUT2D eigenvalue weighted by Gasteiger charge is -2.29. The van der Waals surface area contributed by atoms with Crippen LogP contribution in [0.3, 0.4) is 0 Å². The second-order valence-corrected chi connectivity index (χ2v) is 5.81. The van der Waals surface area contributed by atoms with Gasteiger partial charge in [-0.05, 0) is 6.92 Å². The van der Waals surface area contributed by atoms with Crippen molar-refractivity contribution in [3.8, 4) is 0 Å². The molecule has 0 amide bonds. The van der Waals surface area contributed by atoms with Crippen LogP contribution in [0.4, 0.5) is 17.3 Å². The number of aliphatic hydroxyl groups is 3. The first-order chi connectivity index (χ1) is 11.0. The predicted octanol–water partition coefficient (Wildman–Crippen LogP) is -1.72. The lowest BCUT2D eigenvalue weighted by molar-refractivity contribution is -0.0221. The van der Waals surface area contributed by atoms with Gasteiger partial charge in [0.2, 0.25) is 0 Å². The Morgan fingerprint density at radius 2 is 2.00 bits per heavy atom. The van der Waals surface area contributed by atoms with Crippen LogP contribution in [0, 0.1) is 0 Å². The summed E-state index contributed by atoms with van der Waals surface area (Å²) < 4.78 is 5.63. The molecule has 124 valence electrons. The van der Waals surface area contributed by atoms with Crippen molar-refractivity contribution in [3.05, 3.63) is 6.33 Å². The summed E-state index contributed by atoms with van der Waals surface area (Å²) in [5.41, 5.74) is 0.792. The highest BCUT2D eigenvalue weighted by molar-refractivity contribution is 6.06. The smallest absolute Gasteiger partial charge is 0.178 e. The fourth-order valence-corrected chi connectivity index (χ4v) is 3.26. The Kier molecular flexibility index (Phi) is 3.17. The zero-order chi connectivity index (χ0) is 16.3. The van der Waals surface area contributed by atoms with E-state index in [2.05, 4.69) is 15.1 Å². The number of aromatic nitrogens is 2. The molecular weight excluding hydrogens is 304 g/mol. The van der Waals surface area contributed by atoms with Crippen LogP contribution < -0.4 is 14.8 Å². The van der Waals surface area contributed by atoms with Gasteiger partial charge in [0.05, 0.1) is 6.61 Å². The zero-order valence-corrected chi connectivity index (χ0v) is 12.7. The molecule has 0 bridgehead atoms. The lowest BCUT2D eigenvalue weighted by Crippen LogP contribution is -2.47. The van der Waals surface area contributed by atoms with Crippen molar-refractivity contribution in [1.82, 2.24) is 9.97 Å². The van der Waals surface area contributed by atoms with Crippen LogP contribution in [0.2, 0.25) is 0 Å². The molecule has 0 radical (unpaired) electrons. The van der Waals surface area contributed by atoms with Crippen molar-refractivity contribution >= 4 is 23.2 Å². The molecule has 4 rings (SSSR count). The van der Waals surface area contributed by atoms with Crippen molar-refractivity contribution < 1.29 is 20.1 Å². The van der Waals surface area contributed by atoms with Gasteiger partial charge in [0.15, 0.2) is 17.9 Å². The molecule has 3 N–H and O–H groups in total. The second kappa shape index (κ2) is 4.99. The van der Waals surface area contributed by atoms with E-state index in [4.69, 9.17) is 4.74 Å². The van der Waals surface area contributed by atoms with Crippen LogP contribution in [0.1, 0.15) is 6.92 Å². The molecule has 0 aromatic carbocycles. The second-order valence-electron chi connectivity index (χ2n) is 5.81. The van der Waals surface area contributed by atoms with Crippen molar-refractivity contribution in [2.75, 3.05) is 35.1 Å². The maximum absolute atomic E-state index is 10.3. The maximum atomic E-state index is 10.3. The third-order valence-corrected chi connectivity index (χ3v) is 4.44. The molecule has 4 heterocycles. The van der Waals surface area contributed by atoms with E-state index < -0.39 is 24.5 Å². The molecule has 3 aliphatic rings. The first kappa shape index (κ1) is 14.6. The van der Waals surface area contributed by atoms with Crippen molar-refractivity contribution in [1.29, 1.82) is 0 Å². The standard InChI is InChI=1S/C13H18N6O4/c1-6-16-17(2)11-8-12(15-4-14-11)19(5-18(6)8)13-10(22)9(21)7(3-20)23-13/h4,7,9-10,13,20-22H,3,5H2,1-2H3. The molecule has 1 aromatic rings. The largest absolute Gasteiger partial charge is 0.394 e. The van der Waals surface area contributed by atoms with E-state index in [1.165, 1.54) is 6.33 Å². The van der Waals surface area contributed by atoms with E-state index in [1.807, 2.05) is 11.8 Å². The molecule has 0 aliphatic carbocycles. The van der Waals surface area contributed by atoms with Gasteiger partial charge in [0.25, 0.3) is 0 Å². The minimum Gasteiger partial charge on any atom is -0.394 e. The molecule has 0 saturated carbocycles. The summed E-state index contributed by atoms with van der Waals surface area (Å²) in [5.74, 6) is 2.03. The number of nitrogens with zero attached hydrogens (tertiary/aromatic N) is 6. The zero-order valence-electron chi connectivity index (χ0n) is 12.7. The molecular formula is C13H18N6O4. The molecule has 1 saturated heterocycles. The first-order valence-electron chi connectivity index (χ1n) is 7.33. The van der Waals surface area contributed by atoms with Gasteiger partial charge in [0.1, 0.15) is 42.8 Å². The SMILES string of the molecule is CC1=NN(C)c2ncnc3c2N1CN3C1OC(CO)C(O)C1O. The van der Waals surface area contributed by atoms with Gasteiger partial charge in [-0.2, -0.15) is 5.10 Å². The van der Waals surface area contributed by atoms with Crippen LogP contribution in [-0.2, 0) is 4.74 Å². The van der Waals surface area contributed by atoms with Crippen LogP contribution in [0.5, 0.6) is 0 Å². The van der Waals surface area contributed by atoms with E-state index >= 15 is 0 Å². The molecule has 10 nitrogen and oxygen atoms in total. The third-order valence-electron chi connectivity index (χ3n) is 4.44. The maximum Gasteiger partial charge on any atom is 0.178 e. The summed E-state index contributed by atoms with van der Waals surface area (Å²) in [5, 5.41) is 35.6. The number of ether oxygens (including phenoxy) is 1. The van der Waals surface area contributed by atoms with Crippen LogP contribution in [0.15, 0.2) is 11.4 Å². The van der Waals surface area contributed by atoms with E-state index in [-0.39, 0.29) is 6.61 Å². The number of hydrogen-bond donors (Lipinski definition) is 3. The summed E-state index contributed by atoms with van der Waals surface area (Å²) in [7, 11) is 1.80. The molecule has 4 unspecified atom stereocenters. The number of hydrogen-bond acceptors (Lipinski definition) is 10. The van der Waals surface area contributed by atoms with Gasteiger partial charge in [-0.15, -0.1) is 0 Å². The van der Waals surface area contributed by atoms with Crippen molar-refractivity contribution in [3.63, 3.8) is 0 Å². The Bertz CT molecular complexity index is 670. The summed E-state index contributed by atoms with van der Waals surface area (Å²) in [6.45, 7) is 1.88. The number of rotatable bonds is 2. The van der Waals surface area contributed by atoms with E-state index in [1.54, 1.807) is 17.0 Å². The lowest BCUT2D eigenvalue weighted by atomic mass is 10.1. The molecule has 0 spiro atoms. The van der Waals surface area contributed by atoms with Crippen molar-refractivity contribution in [2.45, 2.75) is 31.5 Å². The summed E-state index contributed by atoms with van der Waals surface area (Å²) in [6, 6.07) is 0. The fourth-order valence-electron chi connectivity index (χ4n) is 3.26. The quantitative estimate of drug-likeness (QED) is 0.584. The normalized spacial score (nSPS) is 32.4. The number of anilines is 3. The van der Waals surface area contributed by atoms with Gasteiger partial charge in [-0.1, -0.05) is 0 Å². The Hall–Kier alpha value is -2.01. The third kappa shape index (κ3) is 1.92. The predicted molar refractivity (Wildman–Crippen MR) is 81.1 cm³/mol. The molecule has 1 fully saturated rings. The molecule has 1 aromatic heterocycles. The van der Waals surface area contributed by atoms with Crippen LogP contribution in [-0.4, -0.2) is 76.0 Å². The topological polar surface area (TPSA) is 118 Å². The highest BCUT2D eigenvalue weighted by atomic mass is 16.6. The average Bonchev–Trinajstić information content (AvgIpc) is 3.05. The Balaban J connectivity index is 1.74. The number of amidine groups is 1. The highest BCUT2D eigenvalue weighted by Gasteiger charge is 2.49. The summed E-state index contributed by atoms with van der Waals surface area (Å²) in [6.07, 6.45) is -2.49. The van der Waals surface area contributed by atoms with Gasteiger partial charge in [0, 0.05) is 7.05 Å². The highest BCUT2D eigenvalue weighted by Crippen LogP contribution is 2.44. The number of aliphatic hydroxyl groups excluding tert-OH is 3. The van der Waals surface area contributed by atoms with E-state index in [0.29, 0.717) is 18.3 Å². The summed E-state index contributed by atoms with van der Waals surface area (Å²) >= 11 is 0. The van der Waals surface area contributed by atoms with Gasteiger partial charge >= 0.3 is 0 Å². The Morgan fingerprint density at radius 1 is 1.26 bits per heavy atom. The van der Waals surface area contributed by atoms with Crippen LogP contribution >= 0.6 is 0 Å². The monoisotopic (exact) mass is 322 g/mol. The fraction of sp³-hybridized carbons (Fsp3) is 0.615. The average molecular weight is 322 g/mol.